The first-order valence-corrected chi connectivity index (χ1v) is 11.6. The molecule has 0 aliphatic carbocycles. The Morgan fingerprint density at radius 2 is 1.83 bits per heavy atom. The van der Waals surface area contributed by atoms with Gasteiger partial charge in [0.25, 0.3) is 0 Å². The van der Waals surface area contributed by atoms with Crippen LogP contribution in [-0.4, -0.2) is 37.8 Å². The lowest BCUT2D eigenvalue weighted by Gasteiger charge is -2.30. The normalized spacial score (nSPS) is 15.9. The van der Waals surface area contributed by atoms with Gasteiger partial charge in [0, 0.05) is 30.8 Å². The molecule has 2 aromatic carbocycles. The highest BCUT2D eigenvalue weighted by atomic mass is 32.2. The van der Waals surface area contributed by atoms with Crippen LogP contribution in [-0.2, 0) is 20.6 Å². The number of hydrogen-bond donors (Lipinski definition) is 1. The molecular formula is C22H27FN2O4S. The van der Waals surface area contributed by atoms with Gasteiger partial charge in [-0.1, -0.05) is 18.2 Å². The standard InChI is InChI=1S/C22H27FN2O4S/c1-16(2)29-21-5-3-4-20(14-21)24-22(26)18-10-12-25(13-11-18)30(27,28)15-17-6-8-19(23)9-7-17/h3-9,14,16,18H,10-13,15H2,1-2H3,(H,24,26). The lowest BCUT2D eigenvalue weighted by Crippen LogP contribution is -2.41. The van der Waals surface area contributed by atoms with E-state index < -0.39 is 15.8 Å². The van der Waals surface area contributed by atoms with Crippen molar-refractivity contribution in [3.05, 3.63) is 59.9 Å². The fourth-order valence-corrected chi connectivity index (χ4v) is 5.01. The van der Waals surface area contributed by atoms with E-state index in [0.29, 0.717) is 29.8 Å². The molecule has 1 heterocycles. The van der Waals surface area contributed by atoms with Crippen LogP contribution in [0.15, 0.2) is 48.5 Å². The molecule has 3 rings (SSSR count). The highest BCUT2D eigenvalue weighted by Crippen LogP contribution is 2.24. The first kappa shape index (κ1) is 22.2. The van der Waals surface area contributed by atoms with Crippen LogP contribution in [0.4, 0.5) is 10.1 Å². The van der Waals surface area contributed by atoms with Crippen molar-refractivity contribution in [1.82, 2.24) is 4.31 Å². The van der Waals surface area contributed by atoms with Crippen molar-refractivity contribution in [3.63, 3.8) is 0 Å². The Bertz CT molecular complexity index is 969. The molecular weight excluding hydrogens is 407 g/mol. The second-order valence-corrected chi connectivity index (χ2v) is 9.71. The lowest BCUT2D eigenvalue weighted by molar-refractivity contribution is -0.120. The van der Waals surface area contributed by atoms with Crippen molar-refractivity contribution in [1.29, 1.82) is 0 Å². The van der Waals surface area contributed by atoms with Crippen LogP contribution in [0.1, 0.15) is 32.3 Å². The Labute approximate surface area is 177 Å². The zero-order chi connectivity index (χ0) is 21.7. The van der Waals surface area contributed by atoms with Crippen LogP contribution in [0.3, 0.4) is 0 Å². The molecule has 0 radical (unpaired) electrons. The van der Waals surface area contributed by atoms with Gasteiger partial charge in [0.15, 0.2) is 0 Å². The molecule has 0 spiro atoms. The minimum atomic E-state index is -3.51. The Morgan fingerprint density at radius 1 is 1.17 bits per heavy atom. The summed E-state index contributed by atoms with van der Waals surface area (Å²) in [6, 6.07) is 12.7. The number of halogens is 1. The Balaban J connectivity index is 1.54. The number of benzene rings is 2. The van der Waals surface area contributed by atoms with Gasteiger partial charge in [-0.25, -0.2) is 17.1 Å². The van der Waals surface area contributed by atoms with E-state index in [1.807, 2.05) is 26.0 Å². The van der Waals surface area contributed by atoms with Gasteiger partial charge in [-0.3, -0.25) is 4.79 Å². The van der Waals surface area contributed by atoms with E-state index in [1.54, 1.807) is 12.1 Å². The van der Waals surface area contributed by atoms with Crippen molar-refractivity contribution < 1.29 is 22.3 Å². The van der Waals surface area contributed by atoms with E-state index in [1.165, 1.54) is 28.6 Å². The van der Waals surface area contributed by atoms with Gasteiger partial charge in [-0.2, -0.15) is 0 Å². The molecule has 1 amide bonds. The molecule has 0 atom stereocenters. The summed E-state index contributed by atoms with van der Waals surface area (Å²) in [7, 11) is -3.51. The molecule has 6 nitrogen and oxygen atoms in total. The molecule has 8 heteroatoms. The zero-order valence-electron chi connectivity index (χ0n) is 17.2. The van der Waals surface area contributed by atoms with Crippen molar-refractivity contribution in [2.75, 3.05) is 18.4 Å². The molecule has 0 aromatic heterocycles. The van der Waals surface area contributed by atoms with Gasteiger partial charge in [-0.15, -0.1) is 0 Å². The van der Waals surface area contributed by atoms with Gasteiger partial charge < -0.3 is 10.1 Å². The van der Waals surface area contributed by atoms with Crippen molar-refractivity contribution in [2.45, 2.75) is 38.5 Å². The number of carbonyl (C=O) groups excluding carboxylic acids is 1. The highest BCUT2D eigenvalue weighted by Gasteiger charge is 2.31. The number of anilines is 1. The minimum absolute atomic E-state index is 0.0390. The molecule has 1 aliphatic rings. The lowest BCUT2D eigenvalue weighted by atomic mass is 9.97. The molecule has 1 saturated heterocycles. The smallest absolute Gasteiger partial charge is 0.227 e. The topological polar surface area (TPSA) is 75.7 Å². The van der Waals surface area contributed by atoms with Crippen molar-refractivity contribution in [2.24, 2.45) is 5.92 Å². The number of sulfonamides is 1. The Morgan fingerprint density at radius 3 is 2.47 bits per heavy atom. The maximum atomic E-state index is 13.0. The second kappa shape index (κ2) is 9.57. The van der Waals surface area contributed by atoms with Crippen LogP contribution in [0, 0.1) is 11.7 Å². The third kappa shape index (κ3) is 6.03. The van der Waals surface area contributed by atoms with E-state index in [0.717, 1.165) is 0 Å². The number of ether oxygens (including phenoxy) is 1. The maximum absolute atomic E-state index is 13.0. The quantitative estimate of drug-likeness (QED) is 0.719. The number of piperidine rings is 1. The molecule has 1 aliphatic heterocycles. The summed E-state index contributed by atoms with van der Waals surface area (Å²) in [5.41, 5.74) is 1.20. The molecule has 0 bridgehead atoms. The zero-order valence-corrected chi connectivity index (χ0v) is 18.0. The third-order valence-corrected chi connectivity index (χ3v) is 6.80. The van der Waals surface area contributed by atoms with Gasteiger partial charge in [0.05, 0.1) is 11.9 Å². The van der Waals surface area contributed by atoms with Crippen LogP contribution in [0.5, 0.6) is 5.75 Å². The average molecular weight is 435 g/mol. The summed E-state index contributed by atoms with van der Waals surface area (Å²) < 4.78 is 45.4. The predicted molar refractivity (Wildman–Crippen MR) is 114 cm³/mol. The molecule has 0 unspecified atom stereocenters. The molecule has 30 heavy (non-hydrogen) atoms. The van der Waals surface area contributed by atoms with Gasteiger partial charge >= 0.3 is 0 Å². The monoisotopic (exact) mass is 434 g/mol. The van der Waals surface area contributed by atoms with Crippen LogP contribution in [0.2, 0.25) is 0 Å². The number of amides is 1. The van der Waals surface area contributed by atoms with Crippen LogP contribution in [0.25, 0.3) is 0 Å². The van der Waals surface area contributed by atoms with E-state index in [2.05, 4.69) is 5.32 Å². The molecule has 2 aromatic rings. The largest absolute Gasteiger partial charge is 0.491 e. The summed E-state index contributed by atoms with van der Waals surface area (Å²) in [5, 5.41) is 2.90. The van der Waals surface area contributed by atoms with E-state index in [9.17, 15) is 17.6 Å². The fraction of sp³-hybridized carbons (Fsp3) is 0.409. The van der Waals surface area contributed by atoms with Gasteiger partial charge in [0.1, 0.15) is 11.6 Å². The van der Waals surface area contributed by atoms with Gasteiger partial charge in [0.2, 0.25) is 15.9 Å². The number of nitrogens with one attached hydrogen (secondary N) is 1. The first-order valence-electron chi connectivity index (χ1n) is 10.0. The first-order chi connectivity index (χ1) is 14.2. The van der Waals surface area contributed by atoms with Crippen molar-refractivity contribution in [3.8, 4) is 5.75 Å². The summed E-state index contributed by atoms with van der Waals surface area (Å²) in [4.78, 5) is 12.6. The molecule has 1 N–H and O–H groups in total. The number of nitrogens with zero attached hydrogens (tertiary/aromatic N) is 1. The number of carbonyl (C=O) groups is 1. The Hall–Kier alpha value is -2.45. The van der Waals surface area contributed by atoms with E-state index >= 15 is 0 Å². The molecule has 0 saturated carbocycles. The fourth-order valence-electron chi connectivity index (χ4n) is 3.44. The van der Waals surface area contributed by atoms with Crippen LogP contribution < -0.4 is 10.1 Å². The predicted octanol–water partition coefficient (Wildman–Crippen LogP) is 3.79. The van der Waals surface area contributed by atoms with Gasteiger partial charge in [-0.05, 0) is 56.5 Å². The van der Waals surface area contributed by atoms with E-state index in [-0.39, 0.29) is 36.8 Å². The molecule has 162 valence electrons. The molecule has 1 fully saturated rings. The summed E-state index contributed by atoms with van der Waals surface area (Å²) >= 11 is 0. The number of rotatable bonds is 7. The summed E-state index contributed by atoms with van der Waals surface area (Å²) in [6.45, 7) is 4.45. The summed E-state index contributed by atoms with van der Waals surface area (Å²) in [5.74, 6) is -0.259. The SMILES string of the molecule is CC(C)Oc1cccc(NC(=O)C2CCN(S(=O)(=O)Cc3ccc(F)cc3)CC2)c1. The Kier molecular flexibility index (Phi) is 7.10. The number of hydrogen-bond acceptors (Lipinski definition) is 4. The maximum Gasteiger partial charge on any atom is 0.227 e. The van der Waals surface area contributed by atoms with Crippen LogP contribution >= 0.6 is 0 Å². The van der Waals surface area contributed by atoms with E-state index in [4.69, 9.17) is 4.74 Å². The summed E-state index contributed by atoms with van der Waals surface area (Å²) in [6.07, 6.45) is 0.949. The minimum Gasteiger partial charge on any atom is -0.491 e. The average Bonchev–Trinajstić information content (AvgIpc) is 2.69. The van der Waals surface area contributed by atoms with Crippen molar-refractivity contribution >= 4 is 21.6 Å². The third-order valence-electron chi connectivity index (χ3n) is 4.95. The highest BCUT2D eigenvalue weighted by molar-refractivity contribution is 7.88. The second-order valence-electron chi connectivity index (χ2n) is 7.74.